The zero-order valence-electron chi connectivity index (χ0n) is 16.4. The van der Waals surface area contributed by atoms with Crippen LogP contribution in [-0.2, 0) is 4.79 Å². The van der Waals surface area contributed by atoms with E-state index in [4.69, 9.17) is 9.47 Å². The lowest BCUT2D eigenvalue weighted by Crippen LogP contribution is -2.27. The normalized spacial score (nSPS) is 21.3. The lowest BCUT2D eigenvalue weighted by atomic mass is 9.79. The predicted molar refractivity (Wildman–Crippen MR) is 112 cm³/mol. The highest BCUT2D eigenvalue weighted by Crippen LogP contribution is 2.36. The number of unbranched alkanes of at least 4 members (excludes halogenated alkanes) is 1. The van der Waals surface area contributed by atoms with Crippen LogP contribution in [0.4, 0.5) is 5.13 Å². The zero-order chi connectivity index (χ0) is 19.3. The Balaban J connectivity index is 1.34. The number of nitrogens with one attached hydrogen (secondary N) is 1. The van der Waals surface area contributed by atoms with E-state index in [0.29, 0.717) is 18.3 Å². The second-order valence-electron chi connectivity index (χ2n) is 7.75. The molecule has 1 saturated carbocycles. The monoisotopic (exact) mass is 400 g/mol. The van der Waals surface area contributed by atoms with E-state index >= 15 is 0 Å². The molecular weight excluding hydrogens is 372 g/mol. The smallest absolute Gasteiger partial charge is 0.229 e. The Morgan fingerprint density at radius 2 is 1.96 bits per heavy atom. The van der Waals surface area contributed by atoms with Crippen LogP contribution in [0.25, 0.3) is 11.3 Å². The van der Waals surface area contributed by atoms with Crippen molar-refractivity contribution in [3.8, 4) is 22.8 Å². The van der Waals surface area contributed by atoms with E-state index in [0.717, 1.165) is 41.5 Å². The standard InChI is InChI=1S/C22H28N2O3S/c1-2-3-4-15-5-7-16(8-6-15)21(25)24-22-23-18(14-28-22)17-9-10-19-20(13-17)27-12-11-26-19/h9-10,13-16H,2-8,11-12H2,1H3,(H,23,24,25). The summed E-state index contributed by atoms with van der Waals surface area (Å²) >= 11 is 1.47. The Morgan fingerprint density at radius 3 is 2.75 bits per heavy atom. The van der Waals surface area contributed by atoms with Crippen LogP contribution in [0.15, 0.2) is 23.6 Å². The van der Waals surface area contributed by atoms with Gasteiger partial charge in [-0.2, -0.15) is 0 Å². The van der Waals surface area contributed by atoms with Gasteiger partial charge in [-0.15, -0.1) is 11.3 Å². The summed E-state index contributed by atoms with van der Waals surface area (Å²) in [6.07, 6.45) is 8.24. The molecule has 1 aliphatic heterocycles. The van der Waals surface area contributed by atoms with Gasteiger partial charge in [-0.1, -0.05) is 26.2 Å². The molecule has 0 saturated heterocycles. The number of carbonyl (C=O) groups excluding carboxylic acids is 1. The SMILES string of the molecule is CCCCC1CCC(C(=O)Nc2nc(-c3ccc4c(c3)OCCO4)cs2)CC1. The molecule has 5 nitrogen and oxygen atoms in total. The molecule has 150 valence electrons. The molecule has 1 N–H and O–H groups in total. The Morgan fingerprint density at radius 1 is 1.18 bits per heavy atom. The van der Waals surface area contributed by atoms with Gasteiger partial charge in [0.2, 0.25) is 5.91 Å². The Bertz CT molecular complexity index is 812. The summed E-state index contributed by atoms with van der Waals surface area (Å²) in [6.45, 7) is 3.39. The topological polar surface area (TPSA) is 60.5 Å². The van der Waals surface area contributed by atoms with Crippen molar-refractivity contribution >= 4 is 22.4 Å². The summed E-state index contributed by atoms with van der Waals surface area (Å²) in [6, 6.07) is 5.84. The highest BCUT2D eigenvalue weighted by Gasteiger charge is 2.26. The van der Waals surface area contributed by atoms with Crippen molar-refractivity contribution in [2.24, 2.45) is 11.8 Å². The maximum absolute atomic E-state index is 12.6. The number of anilines is 1. The van der Waals surface area contributed by atoms with Gasteiger partial charge < -0.3 is 14.8 Å². The summed E-state index contributed by atoms with van der Waals surface area (Å²) in [5.41, 5.74) is 1.82. The van der Waals surface area contributed by atoms with Gasteiger partial charge in [-0.25, -0.2) is 4.98 Å². The molecule has 1 amide bonds. The van der Waals surface area contributed by atoms with Gasteiger partial charge in [0.1, 0.15) is 13.2 Å². The van der Waals surface area contributed by atoms with E-state index in [9.17, 15) is 4.79 Å². The lowest BCUT2D eigenvalue weighted by molar-refractivity contribution is -0.121. The largest absolute Gasteiger partial charge is 0.486 e. The van der Waals surface area contributed by atoms with Crippen molar-refractivity contribution in [2.75, 3.05) is 18.5 Å². The number of aromatic nitrogens is 1. The Labute approximate surface area is 170 Å². The lowest BCUT2D eigenvalue weighted by Gasteiger charge is -2.27. The fourth-order valence-corrected chi connectivity index (χ4v) is 4.80. The molecule has 1 aromatic heterocycles. The minimum atomic E-state index is 0.122. The van der Waals surface area contributed by atoms with Crippen molar-refractivity contribution in [3.05, 3.63) is 23.6 Å². The first-order valence-corrected chi connectivity index (χ1v) is 11.3. The molecule has 0 atom stereocenters. The molecule has 2 aliphatic rings. The first-order valence-electron chi connectivity index (χ1n) is 10.4. The number of rotatable bonds is 6. The van der Waals surface area contributed by atoms with Crippen LogP contribution < -0.4 is 14.8 Å². The Hall–Kier alpha value is -2.08. The summed E-state index contributed by atoms with van der Waals surface area (Å²) in [4.78, 5) is 17.3. The average molecular weight is 401 g/mol. The van der Waals surface area contributed by atoms with Gasteiger partial charge in [0.25, 0.3) is 0 Å². The fourth-order valence-electron chi connectivity index (χ4n) is 4.08. The number of hydrogen-bond donors (Lipinski definition) is 1. The van der Waals surface area contributed by atoms with Gasteiger partial charge in [-0.3, -0.25) is 4.79 Å². The zero-order valence-corrected chi connectivity index (χ0v) is 17.2. The second kappa shape index (κ2) is 8.95. The molecule has 2 heterocycles. The van der Waals surface area contributed by atoms with Crippen molar-refractivity contribution in [3.63, 3.8) is 0 Å². The van der Waals surface area contributed by atoms with E-state index in [1.165, 1.54) is 43.4 Å². The van der Waals surface area contributed by atoms with Crippen LogP contribution in [-0.4, -0.2) is 24.1 Å². The summed E-state index contributed by atoms with van der Waals surface area (Å²) in [7, 11) is 0. The minimum absolute atomic E-state index is 0.122. The maximum atomic E-state index is 12.6. The van der Waals surface area contributed by atoms with Crippen LogP contribution >= 0.6 is 11.3 Å². The van der Waals surface area contributed by atoms with Gasteiger partial charge in [0, 0.05) is 16.9 Å². The molecule has 0 radical (unpaired) electrons. The van der Waals surface area contributed by atoms with Gasteiger partial charge in [-0.05, 0) is 49.8 Å². The van der Waals surface area contributed by atoms with Crippen molar-refractivity contribution in [1.82, 2.24) is 4.98 Å². The van der Waals surface area contributed by atoms with Crippen LogP contribution in [0, 0.1) is 11.8 Å². The number of benzene rings is 1. The number of thiazole rings is 1. The number of fused-ring (bicyclic) bond motifs is 1. The van der Waals surface area contributed by atoms with Crippen LogP contribution in [0.5, 0.6) is 11.5 Å². The number of amides is 1. The minimum Gasteiger partial charge on any atom is -0.486 e. The molecule has 28 heavy (non-hydrogen) atoms. The third kappa shape index (κ3) is 4.49. The molecule has 1 aromatic carbocycles. The third-order valence-electron chi connectivity index (χ3n) is 5.76. The van der Waals surface area contributed by atoms with Crippen LogP contribution in [0.2, 0.25) is 0 Å². The third-order valence-corrected chi connectivity index (χ3v) is 6.51. The maximum Gasteiger partial charge on any atom is 0.229 e. The van der Waals surface area contributed by atoms with E-state index < -0.39 is 0 Å². The van der Waals surface area contributed by atoms with Crippen LogP contribution in [0.3, 0.4) is 0 Å². The highest BCUT2D eigenvalue weighted by molar-refractivity contribution is 7.14. The van der Waals surface area contributed by atoms with Gasteiger partial charge in [0.05, 0.1) is 5.69 Å². The summed E-state index contributed by atoms with van der Waals surface area (Å²) in [5.74, 6) is 2.58. The van der Waals surface area contributed by atoms with E-state index in [1.54, 1.807) is 0 Å². The first-order chi connectivity index (χ1) is 13.7. The Kier molecular flexibility index (Phi) is 6.15. The molecule has 4 rings (SSSR count). The van der Waals surface area contributed by atoms with E-state index in [-0.39, 0.29) is 11.8 Å². The van der Waals surface area contributed by atoms with Gasteiger partial charge in [0.15, 0.2) is 16.6 Å². The highest BCUT2D eigenvalue weighted by atomic mass is 32.1. The number of hydrogen-bond acceptors (Lipinski definition) is 5. The van der Waals surface area contributed by atoms with Crippen molar-refractivity contribution in [1.29, 1.82) is 0 Å². The molecular formula is C22H28N2O3S. The van der Waals surface area contributed by atoms with Gasteiger partial charge >= 0.3 is 0 Å². The quantitative estimate of drug-likeness (QED) is 0.694. The molecule has 0 spiro atoms. The summed E-state index contributed by atoms with van der Waals surface area (Å²) < 4.78 is 11.2. The second-order valence-corrected chi connectivity index (χ2v) is 8.60. The van der Waals surface area contributed by atoms with Crippen LogP contribution in [0.1, 0.15) is 51.9 Å². The van der Waals surface area contributed by atoms with Crippen molar-refractivity contribution in [2.45, 2.75) is 51.9 Å². The number of ether oxygens (including phenoxy) is 2. The predicted octanol–water partition coefficient (Wildman–Crippen LogP) is 5.52. The van der Waals surface area contributed by atoms with Crippen molar-refractivity contribution < 1.29 is 14.3 Å². The molecule has 1 fully saturated rings. The van der Waals surface area contributed by atoms with E-state index in [2.05, 4.69) is 17.2 Å². The number of nitrogens with zero attached hydrogens (tertiary/aromatic N) is 1. The molecule has 0 bridgehead atoms. The molecule has 0 unspecified atom stereocenters. The molecule has 6 heteroatoms. The number of carbonyl (C=O) groups is 1. The summed E-state index contributed by atoms with van der Waals surface area (Å²) in [5, 5.41) is 5.68. The molecule has 1 aliphatic carbocycles. The first kappa shape index (κ1) is 19.2. The fraction of sp³-hybridized carbons (Fsp3) is 0.545. The van der Waals surface area contributed by atoms with E-state index in [1.807, 2.05) is 23.6 Å². The molecule has 2 aromatic rings. The average Bonchev–Trinajstić information content (AvgIpc) is 3.20.